The van der Waals surface area contributed by atoms with Crippen LogP contribution in [0.1, 0.15) is 10.6 Å². The van der Waals surface area contributed by atoms with Crippen LogP contribution in [-0.4, -0.2) is 28.4 Å². The number of aromatic nitrogens is 2. The zero-order valence-corrected chi connectivity index (χ0v) is 12.6. The Balaban J connectivity index is 1.69. The average molecular weight is 311 g/mol. The van der Waals surface area contributed by atoms with Crippen LogP contribution in [-0.2, 0) is 11.2 Å². The van der Waals surface area contributed by atoms with E-state index in [-0.39, 0.29) is 11.7 Å². The minimum absolute atomic E-state index is 0.0841. The number of thioether (sulfide) groups is 1. The van der Waals surface area contributed by atoms with Gasteiger partial charge in [-0.1, -0.05) is 41.3 Å². The van der Waals surface area contributed by atoms with Crippen LogP contribution in [0.25, 0.3) is 0 Å². The number of nitrogens with one attached hydrogen (secondary N) is 1. The Kier molecular flexibility index (Phi) is 5.49. The van der Waals surface area contributed by atoms with Crippen LogP contribution < -0.4 is 5.32 Å². The lowest BCUT2D eigenvalue weighted by Gasteiger charge is -2.05. The minimum atomic E-state index is -0.236. The van der Waals surface area contributed by atoms with Crippen LogP contribution in [0.5, 0.6) is 0 Å². The lowest BCUT2D eigenvalue weighted by atomic mass is 10.1. The van der Waals surface area contributed by atoms with Crippen LogP contribution in [0.15, 0.2) is 28.6 Å². The molecule has 0 aliphatic rings. The number of carbonyl (C=O) groups is 1. The fourth-order valence-electron chi connectivity index (χ4n) is 1.55. The molecular weight excluding hydrogens is 297 g/mol. The molecule has 1 aromatic carbocycles. The normalized spacial score (nSPS) is 10.5. The highest BCUT2D eigenvalue weighted by atomic mass is 32.2. The molecule has 1 heterocycles. The topological polar surface area (TPSA) is 54.9 Å². The molecule has 0 fully saturated rings. The summed E-state index contributed by atoms with van der Waals surface area (Å²) in [6.45, 7) is 2.30. The molecular formula is C13H14FN3OS2. The van der Waals surface area contributed by atoms with Crippen molar-refractivity contribution in [2.24, 2.45) is 0 Å². The molecule has 7 heteroatoms. The molecule has 0 aliphatic heterocycles. The van der Waals surface area contributed by atoms with Gasteiger partial charge in [-0.05, 0) is 25.0 Å². The first kappa shape index (κ1) is 14.9. The Morgan fingerprint density at radius 2 is 2.20 bits per heavy atom. The largest absolute Gasteiger partial charge is 0.355 e. The highest BCUT2D eigenvalue weighted by Crippen LogP contribution is 2.21. The van der Waals surface area contributed by atoms with Gasteiger partial charge in [0.2, 0.25) is 5.91 Å². The summed E-state index contributed by atoms with van der Waals surface area (Å²) >= 11 is 2.82. The maximum atomic E-state index is 13.4. The Hall–Kier alpha value is -1.47. The molecule has 1 N–H and O–H groups in total. The van der Waals surface area contributed by atoms with Gasteiger partial charge in [-0.2, -0.15) is 0 Å². The summed E-state index contributed by atoms with van der Waals surface area (Å²) < 4.78 is 14.1. The lowest BCUT2D eigenvalue weighted by molar-refractivity contribution is -0.118. The number of amides is 1. The Morgan fingerprint density at radius 3 is 2.90 bits per heavy atom. The summed E-state index contributed by atoms with van der Waals surface area (Å²) in [5.41, 5.74) is 0.611. The molecule has 0 aliphatic carbocycles. The van der Waals surface area contributed by atoms with E-state index in [0.29, 0.717) is 24.3 Å². The van der Waals surface area contributed by atoms with Crippen LogP contribution >= 0.6 is 23.1 Å². The quantitative estimate of drug-likeness (QED) is 0.833. The third-order valence-corrected chi connectivity index (χ3v) is 4.48. The number of nitrogens with zero attached hydrogens (tertiary/aromatic N) is 2. The highest BCUT2D eigenvalue weighted by molar-refractivity contribution is 8.01. The Labute approximate surface area is 124 Å². The molecule has 0 atom stereocenters. The smallest absolute Gasteiger partial charge is 0.230 e. The molecule has 0 bridgehead atoms. The number of carbonyl (C=O) groups excluding carboxylic acids is 1. The van der Waals surface area contributed by atoms with E-state index in [1.807, 2.05) is 6.92 Å². The van der Waals surface area contributed by atoms with Crippen LogP contribution in [0.4, 0.5) is 4.39 Å². The van der Waals surface area contributed by atoms with E-state index in [1.165, 1.54) is 29.2 Å². The van der Waals surface area contributed by atoms with Gasteiger partial charge in [-0.25, -0.2) is 4.39 Å². The van der Waals surface area contributed by atoms with Crippen molar-refractivity contribution in [3.05, 3.63) is 40.7 Å². The summed E-state index contributed by atoms with van der Waals surface area (Å²) in [7, 11) is 0. The molecule has 2 rings (SSSR count). The van der Waals surface area contributed by atoms with Gasteiger partial charge in [-0.15, -0.1) is 10.2 Å². The second kappa shape index (κ2) is 7.35. The van der Waals surface area contributed by atoms with Gasteiger partial charge in [-0.3, -0.25) is 4.79 Å². The molecule has 0 spiro atoms. The van der Waals surface area contributed by atoms with Crippen molar-refractivity contribution >= 4 is 29.0 Å². The van der Waals surface area contributed by atoms with Crippen molar-refractivity contribution in [3.63, 3.8) is 0 Å². The first-order chi connectivity index (χ1) is 9.65. The van der Waals surface area contributed by atoms with E-state index >= 15 is 0 Å². The van der Waals surface area contributed by atoms with Crippen molar-refractivity contribution in [2.45, 2.75) is 17.7 Å². The molecule has 2 aromatic rings. The maximum Gasteiger partial charge on any atom is 0.230 e. The number of benzene rings is 1. The Morgan fingerprint density at radius 1 is 1.40 bits per heavy atom. The second-order valence-electron chi connectivity index (χ2n) is 4.07. The van der Waals surface area contributed by atoms with Crippen molar-refractivity contribution in [2.75, 3.05) is 12.3 Å². The summed E-state index contributed by atoms with van der Waals surface area (Å²) in [4.78, 5) is 11.6. The average Bonchev–Trinajstić information content (AvgIpc) is 2.84. The molecule has 1 aromatic heterocycles. The summed E-state index contributed by atoms with van der Waals surface area (Å²) in [5.74, 6) is -0.0222. The van der Waals surface area contributed by atoms with Gasteiger partial charge in [0.1, 0.15) is 10.8 Å². The fourth-order valence-corrected chi connectivity index (χ4v) is 3.20. The van der Waals surface area contributed by atoms with Gasteiger partial charge < -0.3 is 5.32 Å². The molecule has 106 valence electrons. The first-order valence-corrected chi connectivity index (χ1v) is 7.88. The predicted octanol–water partition coefficient (Wildman–Crippen LogP) is 2.44. The molecule has 0 unspecified atom stereocenters. The zero-order valence-electron chi connectivity index (χ0n) is 10.9. The number of halogens is 1. The number of aryl methyl sites for hydroxylation is 1. The SMILES string of the molecule is Cc1nnc(SCC(=O)NCCc2ccccc2F)s1. The van der Waals surface area contributed by atoms with E-state index < -0.39 is 0 Å². The van der Waals surface area contributed by atoms with Crippen LogP contribution in [0.2, 0.25) is 0 Å². The van der Waals surface area contributed by atoms with E-state index in [2.05, 4.69) is 15.5 Å². The highest BCUT2D eigenvalue weighted by Gasteiger charge is 2.07. The molecule has 1 amide bonds. The standard InChI is InChI=1S/C13H14FN3OS2/c1-9-16-17-13(20-9)19-8-12(18)15-7-6-10-4-2-3-5-11(10)14/h2-5H,6-8H2,1H3,(H,15,18). The monoisotopic (exact) mass is 311 g/mol. The van der Waals surface area contributed by atoms with Crippen molar-refractivity contribution < 1.29 is 9.18 Å². The third kappa shape index (κ3) is 4.57. The summed E-state index contributed by atoms with van der Waals surface area (Å²) in [6, 6.07) is 6.58. The van der Waals surface area contributed by atoms with Gasteiger partial charge in [0.05, 0.1) is 5.75 Å². The summed E-state index contributed by atoms with van der Waals surface area (Å²) in [6.07, 6.45) is 0.487. The van der Waals surface area contributed by atoms with Gasteiger partial charge in [0.25, 0.3) is 0 Å². The molecule has 0 saturated heterocycles. The minimum Gasteiger partial charge on any atom is -0.355 e. The Bertz CT molecular complexity index is 589. The maximum absolute atomic E-state index is 13.4. The molecule has 4 nitrogen and oxygen atoms in total. The molecule has 20 heavy (non-hydrogen) atoms. The third-order valence-electron chi connectivity index (χ3n) is 2.51. The zero-order chi connectivity index (χ0) is 14.4. The van der Waals surface area contributed by atoms with Crippen molar-refractivity contribution in [1.82, 2.24) is 15.5 Å². The first-order valence-electron chi connectivity index (χ1n) is 6.08. The van der Waals surface area contributed by atoms with Gasteiger partial charge in [0.15, 0.2) is 4.34 Å². The van der Waals surface area contributed by atoms with Crippen molar-refractivity contribution in [1.29, 1.82) is 0 Å². The van der Waals surface area contributed by atoms with Crippen LogP contribution in [0, 0.1) is 12.7 Å². The van der Waals surface area contributed by atoms with E-state index in [1.54, 1.807) is 18.2 Å². The van der Waals surface area contributed by atoms with E-state index in [9.17, 15) is 9.18 Å². The predicted molar refractivity (Wildman–Crippen MR) is 78.5 cm³/mol. The number of hydrogen-bond donors (Lipinski definition) is 1. The molecule has 0 saturated carbocycles. The van der Waals surface area contributed by atoms with Gasteiger partial charge >= 0.3 is 0 Å². The van der Waals surface area contributed by atoms with Gasteiger partial charge in [0, 0.05) is 6.54 Å². The number of rotatable bonds is 6. The molecule has 0 radical (unpaired) electrons. The fraction of sp³-hybridized carbons (Fsp3) is 0.308. The summed E-state index contributed by atoms with van der Waals surface area (Å²) in [5, 5.41) is 11.5. The lowest BCUT2D eigenvalue weighted by Crippen LogP contribution is -2.27. The second-order valence-corrected chi connectivity index (χ2v) is 6.47. The van der Waals surface area contributed by atoms with Crippen molar-refractivity contribution in [3.8, 4) is 0 Å². The number of hydrogen-bond acceptors (Lipinski definition) is 5. The van der Waals surface area contributed by atoms with E-state index in [4.69, 9.17) is 0 Å². The van der Waals surface area contributed by atoms with Crippen LogP contribution in [0.3, 0.4) is 0 Å². The van der Waals surface area contributed by atoms with E-state index in [0.717, 1.165) is 9.35 Å².